The third-order valence-electron chi connectivity index (χ3n) is 3.49. The average molecular weight is 486 g/mol. The Morgan fingerprint density at radius 3 is 2.48 bits per heavy atom. The number of imidazole rings is 1. The van der Waals surface area contributed by atoms with E-state index in [1.165, 1.54) is 12.3 Å². The number of fused-ring (bicyclic) bond motifs is 1. The van der Waals surface area contributed by atoms with E-state index >= 15 is 0 Å². The van der Waals surface area contributed by atoms with Crippen molar-refractivity contribution in [1.82, 2.24) is 14.5 Å². The largest absolute Gasteiger partial charge is 0.299 e. The van der Waals surface area contributed by atoms with Crippen molar-refractivity contribution in [2.75, 3.05) is 6.26 Å². The van der Waals surface area contributed by atoms with Crippen molar-refractivity contribution in [2.24, 2.45) is 0 Å². The number of nitrogens with zero attached hydrogens (tertiary/aromatic N) is 3. The van der Waals surface area contributed by atoms with Gasteiger partial charge in [-0.25, -0.2) is 18.4 Å². The standard InChI is InChI=1S/C14H21ClIN3O2SSi/c1-22(20,21)14-17-11-9-10(15)12(16)18-13(11)19(14)7-5-6-8-23(2,3)4/h9H,5-8H2,1-4H3. The molecule has 2 aromatic heterocycles. The van der Waals surface area contributed by atoms with Crippen molar-refractivity contribution < 1.29 is 8.42 Å². The van der Waals surface area contributed by atoms with Crippen LogP contribution in [0.4, 0.5) is 0 Å². The van der Waals surface area contributed by atoms with Gasteiger partial charge < -0.3 is 0 Å². The summed E-state index contributed by atoms with van der Waals surface area (Å²) in [5, 5.41) is 0.563. The van der Waals surface area contributed by atoms with E-state index in [4.69, 9.17) is 11.6 Å². The van der Waals surface area contributed by atoms with Gasteiger partial charge in [0, 0.05) is 20.9 Å². The summed E-state index contributed by atoms with van der Waals surface area (Å²) in [6.45, 7) is 7.63. The first-order chi connectivity index (χ1) is 10.5. The molecule has 0 aliphatic heterocycles. The molecule has 128 valence electrons. The lowest BCUT2D eigenvalue weighted by Crippen LogP contribution is -2.19. The van der Waals surface area contributed by atoms with E-state index in [1.807, 2.05) is 22.6 Å². The summed E-state index contributed by atoms with van der Waals surface area (Å²) in [6, 6.07) is 2.91. The Kier molecular flexibility index (Phi) is 5.80. The van der Waals surface area contributed by atoms with E-state index in [0.717, 1.165) is 12.8 Å². The van der Waals surface area contributed by atoms with Gasteiger partial charge in [0.2, 0.25) is 15.0 Å². The van der Waals surface area contributed by atoms with Crippen molar-refractivity contribution in [1.29, 1.82) is 0 Å². The molecule has 0 aliphatic rings. The molecule has 2 aromatic rings. The summed E-state index contributed by atoms with van der Waals surface area (Å²) in [5.74, 6) is 0. The molecule has 5 nitrogen and oxygen atoms in total. The lowest BCUT2D eigenvalue weighted by Gasteiger charge is -2.15. The zero-order chi connectivity index (χ0) is 17.4. The van der Waals surface area contributed by atoms with Gasteiger partial charge in [0.05, 0.1) is 5.02 Å². The number of rotatable bonds is 6. The van der Waals surface area contributed by atoms with Crippen LogP contribution in [0.3, 0.4) is 0 Å². The molecular formula is C14H21ClIN3O2SSi. The van der Waals surface area contributed by atoms with Crippen LogP contribution < -0.4 is 0 Å². The summed E-state index contributed by atoms with van der Waals surface area (Å²) in [6.07, 6.45) is 3.18. The van der Waals surface area contributed by atoms with Crippen LogP contribution in [-0.2, 0) is 16.4 Å². The van der Waals surface area contributed by atoms with Gasteiger partial charge in [-0.1, -0.05) is 43.7 Å². The monoisotopic (exact) mass is 485 g/mol. The second-order valence-electron chi connectivity index (χ2n) is 6.94. The Balaban J connectivity index is 2.37. The summed E-state index contributed by atoms with van der Waals surface area (Å²) in [5.41, 5.74) is 1.12. The summed E-state index contributed by atoms with van der Waals surface area (Å²) in [4.78, 5) is 8.68. The maximum atomic E-state index is 12.0. The van der Waals surface area contributed by atoms with E-state index < -0.39 is 17.9 Å². The second kappa shape index (κ2) is 6.97. The number of sulfone groups is 1. The molecule has 0 saturated heterocycles. The molecule has 0 saturated carbocycles. The third-order valence-corrected chi connectivity index (χ3v) is 7.74. The van der Waals surface area contributed by atoms with Crippen molar-refractivity contribution in [2.45, 2.75) is 50.2 Å². The van der Waals surface area contributed by atoms with Crippen molar-refractivity contribution >= 4 is 63.3 Å². The first-order valence-electron chi connectivity index (χ1n) is 7.41. The van der Waals surface area contributed by atoms with E-state index in [9.17, 15) is 8.42 Å². The Bertz CT molecular complexity index is 831. The maximum Gasteiger partial charge on any atom is 0.229 e. The van der Waals surface area contributed by atoms with Gasteiger partial charge in [0.1, 0.15) is 9.22 Å². The molecule has 9 heteroatoms. The molecule has 0 aliphatic carbocycles. The smallest absolute Gasteiger partial charge is 0.229 e. The molecule has 0 aromatic carbocycles. The zero-order valence-corrected chi connectivity index (χ0v) is 18.5. The SMILES string of the molecule is C[Si](C)(C)CCCCn1c(S(C)(=O)=O)nc2cc(Cl)c(I)nc21. The highest BCUT2D eigenvalue weighted by molar-refractivity contribution is 14.1. The van der Waals surface area contributed by atoms with Crippen LogP contribution in [0.25, 0.3) is 11.2 Å². The average Bonchev–Trinajstić information content (AvgIpc) is 2.72. The first-order valence-corrected chi connectivity index (χ1v) is 14.5. The van der Waals surface area contributed by atoms with Crippen LogP contribution in [0.2, 0.25) is 30.7 Å². The number of unbranched alkanes of at least 4 members (excludes halogenated alkanes) is 1. The van der Waals surface area contributed by atoms with Crippen LogP contribution in [0, 0.1) is 3.70 Å². The molecular weight excluding hydrogens is 465 g/mol. The number of hydrogen-bond donors (Lipinski definition) is 0. The topological polar surface area (TPSA) is 64.8 Å². The molecule has 0 unspecified atom stereocenters. The number of aryl methyl sites for hydroxylation is 1. The number of hydrogen-bond acceptors (Lipinski definition) is 4. The fraction of sp³-hybridized carbons (Fsp3) is 0.571. The van der Waals surface area contributed by atoms with E-state index in [-0.39, 0.29) is 5.16 Å². The minimum absolute atomic E-state index is 0.0751. The van der Waals surface area contributed by atoms with E-state index in [0.29, 0.717) is 26.4 Å². The second-order valence-corrected chi connectivity index (χ2v) is 15.9. The van der Waals surface area contributed by atoms with Gasteiger partial charge in [0.15, 0.2) is 5.65 Å². The van der Waals surface area contributed by atoms with Gasteiger partial charge in [-0.05, 0) is 35.1 Å². The Morgan fingerprint density at radius 1 is 1.26 bits per heavy atom. The van der Waals surface area contributed by atoms with Crippen LogP contribution in [0.5, 0.6) is 0 Å². The first kappa shape index (κ1) is 19.1. The van der Waals surface area contributed by atoms with E-state index in [2.05, 4.69) is 29.6 Å². The fourth-order valence-corrected chi connectivity index (χ4v) is 5.08. The molecule has 0 atom stereocenters. The molecule has 2 rings (SSSR count). The molecule has 0 N–H and O–H groups in total. The normalized spacial score (nSPS) is 13.0. The quantitative estimate of drug-likeness (QED) is 0.266. The number of aromatic nitrogens is 3. The molecule has 0 bridgehead atoms. The van der Waals surface area contributed by atoms with E-state index in [1.54, 1.807) is 10.6 Å². The van der Waals surface area contributed by atoms with Gasteiger partial charge in [-0.15, -0.1) is 0 Å². The summed E-state index contributed by atoms with van der Waals surface area (Å²) >= 11 is 8.12. The minimum Gasteiger partial charge on any atom is -0.299 e. The predicted octanol–water partition coefficient (Wildman–Crippen LogP) is 4.21. The van der Waals surface area contributed by atoms with Crippen molar-refractivity contribution in [3.8, 4) is 0 Å². The highest BCUT2D eigenvalue weighted by Crippen LogP contribution is 2.25. The Hall–Kier alpha value is -0.193. The third kappa shape index (κ3) is 4.89. The van der Waals surface area contributed by atoms with Crippen molar-refractivity contribution in [3.63, 3.8) is 0 Å². The molecule has 0 radical (unpaired) electrons. The summed E-state index contributed by atoms with van der Waals surface area (Å²) in [7, 11) is -4.49. The highest BCUT2D eigenvalue weighted by Gasteiger charge is 2.21. The zero-order valence-electron chi connectivity index (χ0n) is 13.7. The lowest BCUT2D eigenvalue weighted by molar-refractivity contribution is 0.554. The van der Waals surface area contributed by atoms with Gasteiger partial charge >= 0.3 is 0 Å². The lowest BCUT2D eigenvalue weighted by atomic mass is 10.3. The highest BCUT2D eigenvalue weighted by atomic mass is 127. The number of halogens is 2. The number of pyridine rings is 1. The van der Waals surface area contributed by atoms with Crippen LogP contribution in [0.1, 0.15) is 12.8 Å². The molecule has 0 amide bonds. The molecule has 0 fully saturated rings. The van der Waals surface area contributed by atoms with Crippen LogP contribution in [-0.4, -0.2) is 37.3 Å². The van der Waals surface area contributed by atoms with Gasteiger partial charge in [-0.2, -0.15) is 0 Å². The molecule has 0 spiro atoms. The van der Waals surface area contributed by atoms with Gasteiger partial charge in [-0.3, -0.25) is 4.57 Å². The minimum atomic E-state index is -3.41. The molecule has 2 heterocycles. The Labute approximate surface area is 156 Å². The van der Waals surface area contributed by atoms with Gasteiger partial charge in [0.25, 0.3) is 0 Å². The summed E-state index contributed by atoms with van der Waals surface area (Å²) < 4.78 is 26.5. The fourth-order valence-electron chi connectivity index (χ4n) is 2.39. The maximum absolute atomic E-state index is 12.0. The molecule has 23 heavy (non-hydrogen) atoms. The Morgan fingerprint density at radius 2 is 1.91 bits per heavy atom. The van der Waals surface area contributed by atoms with Crippen LogP contribution in [0.15, 0.2) is 11.2 Å². The van der Waals surface area contributed by atoms with Crippen molar-refractivity contribution in [3.05, 3.63) is 14.8 Å². The predicted molar refractivity (Wildman–Crippen MR) is 106 cm³/mol. The van der Waals surface area contributed by atoms with Crippen LogP contribution >= 0.6 is 34.2 Å².